The van der Waals surface area contributed by atoms with E-state index in [9.17, 15) is 9.90 Å². The molecule has 1 aliphatic heterocycles. The highest BCUT2D eigenvalue weighted by atomic mass is 16.5. The van der Waals surface area contributed by atoms with Gasteiger partial charge in [-0.25, -0.2) is 0 Å². The average molecular weight is 502 g/mol. The first kappa shape index (κ1) is 19.7. The fourth-order valence-electron chi connectivity index (χ4n) is 5.05. The first-order valence-corrected chi connectivity index (χ1v) is 12.6. The largest absolute Gasteiger partial charge is 0.468 e. The van der Waals surface area contributed by atoms with Crippen LogP contribution in [0.3, 0.4) is 0 Å². The van der Waals surface area contributed by atoms with Crippen molar-refractivity contribution < 1.29 is 22.9 Å². The van der Waals surface area contributed by atoms with Gasteiger partial charge in [-0.05, 0) is 74.4 Å². The van der Waals surface area contributed by atoms with Crippen LogP contribution in [0.1, 0.15) is 63.4 Å². The molecule has 4 rings (SSSR count). The number of hydrogen-bond donors (Lipinski definition) is 1. The SMILES string of the molecule is [2H]C([2H])([2H])C(C(=O)OC)(c1ccc(C#CCCN2CCC(C(O)(c3ccccc3)c3ccccc3)CC2)cc1)C([2H])([2H])[2H]. The fourth-order valence-corrected chi connectivity index (χ4v) is 5.05. The van der Waals surface area contributed by atoms with Crippen molar-refractivity contribution in [3.8, 4) is 11.8 Å². The van der Waals surface area contributed by atoms with Crippen molar-refractivity contribution in [3.05, 3.63) is 107 Å². The van der Waals surface area contributed by atoms with E-state index >= 15 is 0 Å². The average Bonchev–Trinajstić information content (AvgIpc) is 2.99. The van der Waals surface area contributed by atoms with E-state index in [1.807, 2.05) is 60.7 Å². The van der Waals surface area contributed by atoms with Gasteiger partial charge in [-0.15, -0.1) is 0 Å². The monoisotopic (exact) mass is 501 g/mol. The standard InChI is InChI=1S/C33H37NO3/c1-32(2,31(35)37-3)27-19-17-26(18-20-27)12-10-11-23-34-24-21-30(22-25-34)33(36,28-13-6-4-7-14-28)29-15-8-5-9-16-29/h4-9,13-20,30,36H,11,21-25H2,1-3H3/i1D3,2D3. The molecule has 0 spiro atoms. The molecule has 0 amide bonds. The van der Waals surface area contributed by atoms with Crippen LogP contribution in [0.2, 0.25) is 0 Å². The minimum atomic E-state index is -3.16. The topological polar surface area (TPSA) is 49.8 Å². The van der Waals surface area contributed by atoms with Crippen LogP contribution in [0.5, 0.6) is 0 Å². The highest BCUT2D eigenvalue weighted by Crippen LogP contribution is 2.41. The van der Waals surface area contributed by atoms with E-state index in [1.165, 1.54) is 24.3 Å². The van der Waals surface area contributed by atoms with E-state index in [0.29, 0.717) is 12.0 Å². The molecule has 1 aliphatic rings. The summed E-state index contributed by atoms with van der Waals surface area (Å²) in [6.07, 6.45) is 2.28. The highest BCUT2D eigenvalue weighted by Gasteiger charge is 2.41. The number of esters is 1. The van der Waals surface area contributed by atoms with Crippen molar-refractivity contribution in [2.24, 2.45) is 5.92 Å². The maximum Gasteiger partial charge on any atom is 0.315 e. The van der Waals surface area contributed by atoms with Gasteiger partial charge in [-0.2, -0.15) is 0 Å². The normalized spacial score (nSPS) is 18.1. The molecule has 192 valence electrons. The Kier molecular flexibility index (Phi) is 6.26. The zero-order valence-electron chi connectivity index (χ0n) is 27.1. The van der Waals surface area contributed by atoms with Gasteiger partial charge in [0.2, 0.25) is 0 Å². The number of ether oxygens (including phenoxy) is 1. The molecule has 0 unspecified atom stereocenters. The molecule has 0 aromatic heterocycles. The van der Waals surface area contributed by atoms with E-state index in [4.69, 9.17) is 8.22 Å². The molecule has 0 saturated carbocycles. The summed E-state index contributed by atoms with van der Waals surface area (Å²) in [6.45, 7) is -3.89. The van der Waals surface area contributed by atoms with Gasteiger partial charge in [0.1, 0.15) is 5.60 Å². The molecule has 0 aliphatic carbocycles. The summed E-state index contributed by atoms with van der Waals surface area (Å²) in [5, 5.41) is 12.1. The Morgan fingerprint density at radius 2 is 1.51 bits per heavy atom. The van der Waals surface area contributed by atoms with E-state index in [-0.39, 0.29) is 11.5 Å². The Labute approximate surface area is 229 Å². The Hall–Kier alpha value is -3.39. The molecule has 1 heterocycles. The molecule has 1 fully saturated rings. The summed E-state index contributed by atoms with van der Waals surface area (Å²) >= 11 is 0. The summed E-state index contributed by atoms with van der Waals surface area (Å²) in [4.78, 5) is 14.9. The summed E-state index contributed by atoms with van der Waals surface area (Å²) in [5.74, 6) is 4.92. The van der Waals surface area contributed by atoms with Gasteiger partial charge < -0.3 is 14.7 Å². The summed E-state index contributed by atoms with van der Waals surface area (Å²) in [7, 11) is 0.976. The van der Waals surface area contributed by atoms with Crippen LogP contribution in [-0.2, 0) is 20.5 Å². The van der Waals surface area contributed by atoms with Crippen molar-refractivity contribution in [1.29, 1.82) is 0 Å². The molecule has 0 bridgehead atoms. The number of rotatable bonds is 7. The lowest BCUT2D eigenvalue weighted by Crippen LogP contribution is -2.44. The Balaban J connectivity index is 1.40. The molecule has 37 heavy (non-hydrogen) atoms. The van der Waals surface area contributed by atoms with Gasteiger partial charge >= 0.3 is 5.97 Å². The van der Waals surface area contributed by atoms with Crippen molar-refractivity contribution in [1.82, 2.24) is 4.90 Å². The van der Waals surface area contributed by atoms with Crippen molar-refractivity contribution >= 4 is 5.97 Å². The van der Waals surface area contributed by atoms with E-state index < -0.39 is 30.7 Å². The quantitative estimate of drug-likeness (QED) is 0.342. The Morgan fingerprint density at radius 3 is 2.03 bits per heavy atom. The number of carbonyl (C=O) groups excluding carboxylic acids is 1. The minimum absolute atomic E-state index is 0.0695. The zero-order chi connectivity index (χ0) is 31.3. The van der Waals surface area contributed by atoms with Gasteiger partial charge in [0.05, 0.1) is 12.5 Å². The third-order valence-corrected chi connectivity index (χ3v) is 7.20. The molecular formula is C33H37NO3. The molecule has 0 atom stereocenters. The number of hydrogen-bond acceptors (Lipinski definition) is 4. The summed E-state index contributed by atoms with van der Waals surface area (Å²) in [6, 6.07) is 25.4. The van der Waals surface area contributed by atoms with Crippen LogP contribution < -0.4 is 0 Å². The van der Waals surface area contributed by atoms with Crippen LogP contribution in [-0.4, -0.2) is 42.7 Å². The van der Waals surface area contributed by atoms with Crippen LogP contribution in [0, 0.1) is 17.8 Å². The predicted octanol–water partition coefficient (Wildman–Crippen LogP) is 5.53. The molecule has 0 radical (unpaired) electrons. The smallest absolute Gasteiger partial charge is 0.315 e. The number of aliphatic hydroxyl groups is 1. The van der Waals surface area contributed by atoms with Crippen LogP contribution in [0.25, 0.3) is 0 Å². The van der Waals surface area contributed by atoms with Crippen LogP contribution >= 0.6 is 0 Å². The molecule has 3 aromatic rings. The zero-order valence-corrected chi connectivity index (χ0v) is 21.1. The maximum absolute atomic E-state index is 12.6. The lowest BCUT2D eigenvalue weighted by molar-refractivity contribution is -0.146. The van der Waals surface area contributed by atoms with E-state index in [0.717, 1.165) is 50.7 Å². The molecule has 1 N–H and O–H groups in total. The van der Waals surface area contributed by atoms with E-state index in [1.54, 1.807) is 0 Å². The van der Waals surface area contributed by atoms with Crippen molar-refractivity contribution in [2.45, 2.75) is 44.0 Å². The van der Waals surface area contributed by atoms with Crippen molar-refractivity contribution in [3.63, 3.8) is 0 Å². The predicted molar refractivity (Wildman–Crippen MR) is 148 cm³/mol. The number of piperidine rings is 1. The fraction of sp³-hybridized carbons (Fsp3) is 0.364. The van der Waals surface area contributed by atoms with Gasteiger partial charge in [-0.1, -0.05) is 84.6 Å². The summed E-state index contributed by atoms with van der Waals surface area (Å²) < 4.78 is 52.1. The number of likely N-dealkylation sites (tertiary alicyclic amines) is 1. The summed E-state index contributed by atoms with van der Waals surface area (Å²) in [5.41, 5.74) is -1.66. The van der Waals surface area contributed by atoms with Gasteiger partial charge in [0.15, 0.2) is 0 Å². The molecule has 4 heteroatoms. The maximum atomic E-state index is 12.6. The second-order valence-corrected chi connectivity index (χ2v) is 9.49. The second-order valence-electron chi connectivity index (χ2n) is 9.49. The van der Waals surface area contributed by atoms with Crippen LogP contribution in [0.4, 0.5) is 0 Å². The number of nitrogens with zero attached hydrogens (tertiary/aromatic N) is 1. The third-order valence-electron chi connectivity index (χ3n) is 7.20. The van der Waals surface area contributed by atoms with Crippen LogP contribution in [0.15, 0.2) is 84.9 Å². The third kappa shape index (κ3) is 5.96. The highest BCUT2D eigenvalue weighted by molar-refractivity contribution is 5.82. The molecule has 4 nitrogen and oxygen atoms in total. The van der Waals surface area contributed by atoms with Gasteiger partial charge in [-0.3, -0.25) is 4.79 Å². The lowest BCUT2D eigenvalue weighted by Gasteiger charge is -2.42. The van der Waals surface area contributed by atoms with E-state index in [2.05, 4.69) is 21.5 Å². The number of carbonyl (C=O) groups is 1. The van der Waals surface area contributed by atoms with Gasteiger partial charge in [0.25, 0.3) is 0 Å². The second kappa shape index (κ2) is 11.8. The first-order valence-electron chi connectivity index (χ1n) is 15.6. The molecule has 1 saturated heterocycles. The first-order chi connectivity index (χ1) is 20.4. The Bertz CT molecular complexity index is 1370. The lowest BCUT2D eigenvalue weighted by atomic mass is 9.72. The molecular weight excluding hydrogens is 458 g/mol. The minimum Gasteiger partial charge on any atom is -0.468 e. The number of methoxy groups -OCH3 is 1. The molecule has 3 aromatic carbocycles. The Morgan fingerprint density at radius 1 is 0.946 bits per heavy atom. The van der Waals surface area contributed by atoms with Gasteiger partial charge in [0, 0.05) is 26.8 Å². The van der Waals surface area contributed by atoms with Crippen molar-refractivity contribution in [2.75, 3.05) is 26.7 Å². The number of benzene rings is 3.